The molecule has 0 aromatic heterocycles. The van der Waals surface area contributed by atoms with Gasteiger partial charge >= 0.3 is 5.97 Å². The lowest BCUT2D eigenvalue weighted by Gasteiger charge is -2.06. The van der Waals surface area contributed by atoms with E-state index < -0.39 is 22.5 Å². The van der Waals surface area contributed by atoms with Gasteiger partial charge in [-0.05, 0) is 18.2 Å². The largest absolute Gasteiger partial charge is 0.478 e. The van der Waals surface area contributed by atoms with Crippen molar-refractivity contribution < 1.29 is 19.6 Å². The third kappa shape index (κ3) is 3.41. The normalized spacial score (nSPS) is 9.90. The highest BCUT2D eigenvalue weighted by atomic mass is 16.6. The van der Waals surface area contributed by atoms with Gasteiger partial charge in [-0.2, -0.15) is 0 Å². The number of nitro groups is 1. The molecular formula is C14H10N2O5. The molecule has 106 valence electrons. The minimum Gasteiger partial charge on any atom is -0.478 e. The van der Waals surface area contributed by atoms with Crippen LogP contribution in [0.1, 0.15) is 20.7 Å². The molecule has 0 radical (unpaired) electrons. The van der Waals surface area contributed by atoms with E-state index in [9.17, 15) is 19.7 Å². The molecule has 0 aliphatic carbocycles. The molecule has 7 heteroatoms. The predicted molar refractivity (Wildman–Crippen MR) is 74.5 cm³/mol. The summed E-state index contributed by atoms with van der Waals surface area (Å²) < 4.78 is 0. The Bertz CT molecular complexity index is 680. The molecule has 0 bridgehead atoms. The van der Waals surface area contributed by atoms with Gasteiger partial charge in [0.05, 0.1) is 10.5 Å². The molecular weight excluding hydrogens is 276 g/mol. The molecule has 0 saturated carbocycles. The first-order chi connectivity index (χ1) is 9.97. The Morgan fingerprint density at radius 3 is 2.24 bits per heavy atom. The number of carboxylic acid groups (broad SMARTS) is 1. The molecule has 2 N–H and O–H groups in total. The summed E-state index contributed by atoms with van der Waals surface area (Å²) >= 11 is 0. The third-order valence-electron chi connectivity index (χ3n) is 2.67. The lowest BCUT2D eigenvalue weighted by molar-refractivity contribution is -0.384. The van der Waals surface area contributed by atoms with Crippen molar-refractivity contribution in [3.63, 3.8) is 0 Å². The standard InChI is InChI=1S/C14H10N2O5/c17-13(15-11-4-2-1-3-5-11)9-6-10(14(18)19)8-12(7-9)16(20)21/h1-8H,(H,15,17)(H,18,19). The van der Waals surface area contributed by atoms with Crippen LogP contribution in [0.25, 0.3) is 0 Å². The summed E-state index contributed by atoms with van der Waals surface area (Å²) in [6.07, 6.45) is 0. The van der Waals surface area contributed by atoms with Gasteiger partial charge in [0.25, 0.3) is 11.6 Å². The second kappa shape index (κ2) is 5.83. The first-order valence-corrected chi connectivity index (χ1v) is 5.86. The molecule has 1 amide bonds. The summed E-state index contributed by atoms with van der Waals surface area (Å²) in [5.41, 5.74) is -0.355. The van der Waals surface area contributed by atoms with Crippen molar-refractivity contribution in [1.82, 2.24) is 0 Å². The lowest BCUT2D eigenvalue weighted by Crippen LogP contribution is -2.13. The number of hydrogen-bond acceptors (Lipinski definition) is 4. The van der Waals surface area contributed by atoms with Crippen LogP contribution in [0.3, 0.4) is 0 Å². The Morgan fingerprint density at radius 2 is 1.67 bits per heavy atom. The maximum absolute atomic E-state index is 12.0. The van der Waals surface area contributed by atoms with Crippen LogP contribution in [-0.2, 0) is 0 Å². The van der Waals surface area contributed by atoms with Crippen molar-refractivity contribution >= 4 is 23.3 Å². The van der Waals surface area contributed by atoms with E-state index >= 15 is 0 Å². The molecule has 0 spiro atoms. The fourth-order valence-electron chi connectivity index (χ4n) is 1.70. The monoisotopic (exact) mass is 286 g/mol. The van der Waals surface area contributed by atoms with Gasteiger partial charge in [0.1, 0.15) is 0 Å². The summed E-state index contributed by atoms with van der Waals surface area (Å²) in [4.78, 5) is 33.0. The molecule has 21 heavy (non-hydrogen) atoms. The summed E-state index contributed by atoms with van der Waals surface area (Å²) in [5, 5.41) is 22.3. The topological polar surface area (TPSA) is 110 Å². The number of nitro benzene ring substituents is 1. The molecule has 0 aliphatic heterocycles. The smallest absolute Gasteiger partial charge is 0.335 e. The minimum absolute atomic E-state index is 0.0922. The predicted octanol–water partition coefficient (Wildman–Crippen LogP) is 2.55. The second-order valence-electron chi connectivity index (χ2n) is 4.15. The van der Waals surface area contributed by atoms with Crippen LogP contribution >= 0.6 is 0 Å². The number of anilines is 1. The molecule has 0 heterocycles. The van der Waals surface area contributed by atoms with Crippen LogP contribution in [0, 0.1) is 10.1 Å². The van der Waals surface area contributed by atoms with Gasteiger partial charge in [-0.25, -0.2) is 4.79 Å². The first kappa shape index (κ1) is 14.2. The number of hydrogen-bond donors (Lipinski definition) is 2. The molecule has 2 aromatic rings. The van der Waals surface area contributed by atoms with Crippen LogP contribution in [0.4, 0.5) is 11.4 Å². The zero-order chi connectivity index (χ0) is 15.4. The van der Waals surface area contributed by atoms with E-state index in [0.29, 0.717) is 5.69 Å². The number of benzene rings is 2. The van der Waals surface area contributed by atoms with Gasteiger partial charge < -0.3 is 10.4 Å². The number of carbonyl (C=O) groups excluding carboxylic acids is 1. The maximum Gasteiger partial charge on any atom is 0.335 e. The van der Waals surface area contributed by atoms with Crippen LogP contribution in [0.2, 0.25) is 0 Å². The average Bonchev–Trinajstić information content (AvgIpc) is 2.47. The van der Waals surface area contributed by atoms with E-state index in [1.807, 2.05) is 0 Å². The zero-order valence-corrected chi connectivity index (χ0v) is 10.6. The fraction of sp³-hybridized carbons (Fsp3) is 0. The molecule has 2 aromatic carbocycles. The van der Waals surface area contributed by atoms with E-state index in [2.05, 4.69) is 5.32 Å². The number of non-ortho nitro benzene ring substituents is 1. The number of rotatable bonds is 4. The van der Waals surface area contributed by atoms with Crippen molar-refractivity contribution in [3.05, 3.63) is 69.8 Å². The fourth-order valence-corrected chi connectivity index (χ4v) is 1.70. The van der Waals surface area contributed by atoms with Crippen molar-refractivity contribution in [2.75, 3.05) is 5.32 Å². The number of nitrogens with one attached hydrogen (secondary N) is 1. The third-order valence-corrected chi connectivity index (χ3v) is 2.67. The minimum atomic E-state index is -1.34. The SMILES string of the molecule is O=C(O)c1cc(C(=O)Nc2ccccc2)cc([N+](=O)[O-])c1. The molecule has 0 fully saturated rings. The second-order valence-corrected chi connectivity index (χ2v) is 4.15. The molecule has 0 saturated heterocycles. The van der Waals surface area contributed by atoms with Crippen LogP contribution in [0.15, 0.2) is 48.5 Å². The number of amides is 1. The van der Waals surface area contributed by atoms with E-state index in [4.69, 9.17) is 5.11 Å². The van der Waals surface area contributed by atoms with E-state index in [1.165, 1.54) is 0 Å². The molecule has 7 nitrogen and oxygen atoms in total. The van der Waals surface area contributed by atoms with Crippen LogP contribution in [0.5, 0.6) is 0 Å². The van der Waals surface area contributed by atoms with Crippen molar-refractivity contribution in [1.29, 1.82) is 0 Å². The average molecular weight is 286 g/mol. The molecule has 0 atom stereocenters. The van der Waals surface area contributed by atoms with Gasteiger partial charge in [0.2, 0.25) is 0 Å². The Morgan fingerprint density at radius 1 is 1.05 bits per heavy atom. The Labute approximate surface area is 119 Å². The summed E-state index contributed by atoms with van der Waals surface area (Å²) in [7, 11) is 0. The number of carboxylic acids is 1. The summed E-state index contributed by atoms with van der Waals surface area (Å²) in [6.45, 7) is 0. The highest BCUT2D eigenvalue weighted by molar-refractivity contribution is 6.06. The van der Waals surface area contributed by atoms with Gasteiger partial charge in [-0.3, -0.25) is 14.9 Å². The summed E-state index contributed by atoms with van der Waals surface area (Å²) in [5.74, 6) is -1.96. The van der Waals surface area contributed by atoms with E-state index in [-0.39, 0.29) is 11.1 Å². The molecule has 0 aliphatic rings. The maximum atomic E-state index is 12.0. The first-order valence-electron chi connectivity index (χ1n) is 5.86. The zero-order valence-electron chi connectivity index (χ0n) is 10.6. The van der Waals surface area contributed by atoms with E-state index in [1.54, 1.807) is 30.3 Å². The van der Waals surface area contributed by atoms with Crippen LogP contribution in [-0.4, -0.2) is 21.9 Å². The van der Waals surface area contributed by atoms with E-state index in [0.717, 1.165) is 18.2 Å². The van der Waals surface area contributed by atoms with Crippen molar-refractivity contribution in [3.8, 4) is 0 Å². The Kier molecular flexibility index (Phi) is 3.94. The highest BCUT2D eigenvalue weighted by Gasteiger charge is 2.17. The van der Waals surface area contributed by atoms with Gasteiger partial charge in [0, 0.05) is 23.4 Å². The van der Waals surface area contributed by atoms with Gasteiger partial charge in [-0.1, -0.05) is 18.2 Å². The number of aromatic carboxylic acids is 1. The van der Waals surface area contributed by atoms with Crippen LogP contribution < -0.4 is 5.32 Å². The number of para-hydroxylation sites is 1. The van der Waals surface area contributed by atoms with Gasteiger partial charge in [-0.15, -0.1) is 0 Å². The van der Waals surface area contributed by atoms with Crippen molar-refractivity contribution in [2.45, 2.75) is 0 Å². The molecule has 2 rings (SSSR count). The van der Waals surface area contributed by atoms with Gasteiger partial charge in [0.15, 0.2) is 0 Å². The summed E-state index contributed by atoms with van der Waals surface area (Å²) in [6, 6.07) is 11.5. The Hall–Kier alpha value is -3.22. The number of carbonyl (C=O) groups is 2. The highest BCUT2D eigenvalue weighted by Crippen LogP contribution is 2.18. The Balaban J connectivity index is 2.36. The lowest BCUT2D eigenvalue weighted by atomic mass is 10.1. The van der Waals surface area contributed by atoms with Crippen molar-refractivity contribution in [2.24, 2.45) is 0 Å². The quantitative estimate of drug-likeness (QED) is 0.663. The number of nitrogens with zero attached hydrogens (tertiary/aromatic N) is 1. The molecule has 0 unspecified atom stereocenters.